The van der Waals surface area contributed by atoms with Crippen molar-refractivity contribution in [1.82, 2.24) is 0 Å². The van der Waals surface area contributed by atoms with Gasteiger partial charge in [-0.15, -0.1) is 0 Å². The molecule has 1 N–H and O–H groups in total. The molecule has 0 unspecified atom stereocenters. The number of para-hydroxylation sites is 1. The molecule has 1 amide bonds. The molecule has 7 nitrogen and oxygen atoms in total. The molecule has 172 valence electrons. The van der Waals surface area contributed by atoms with Gasteiger partial charge in [0.25, 0.3) is 5.91 Å². The van der Waals surface area contributed by atoms with E-state index < -0.39 is 16.6 Å². The molecular weight excluding hydrogens is 437 g/mol. The van der Waals surface area contributed by atoms with Gasteiger partial charge in [-0.3, -0.25) is 14.9 Å². The van der Waals surface area contributed by atoms with Crippen molar-refractivity contribution in [2.75, 3.05) is 5.32 Å². The number of nitriles is 1. The Hall–Kier alpha value is -4.51. The van der Waals surface area contributed by atoms with Crippen molar-refractivity contribution < 1.29 is 18.8 Å². The predicted octanol–water partition coefficient (Wildman–Crippen LogP) is 6.37. The maximum absolute atomic E-state index is 13.8. The molecule has 3 aromatic carbocycles. The number of carbonyl (C=O) groups is 1. The Labute approximate surface area is 196 Å². The van der Waals surface area contributed by atoms with E-state index in [0.29, 0.717) is 5.75 Å². The number of anilines is 1. The lowest BCUT2D eigenvalue weighted by Crippen LogP contribution is -2.14. The van der Waals surface area contributed by atoms with Gasteiger partial charge in [-0.1, -0.05) is 51.1 Å². The van der Waals surface area contributed by atoms with Gasteiger partial charge in [-0.05, 0) is 52.9 Å². The second-order valence-corrected chi connectivity index (χ2v) is 8.46. The molecule has 3 aromatic rings. The first-order valence-electron chi connectivity index (χ1n) is 10.3. The van der Waals surface area contributed by atoms with Gasteiger partial charge in [0.05, 0.1) is 10.6 Å². The quantitative estimate of drug-likeness (QED) is 0.200. The van der Waals surface area contributed by atoms with Crippen LogP contribution < -0.4 is 10.1 Å². The number of ether oxygens (including phenoxy) is 1. The number of halogens is 1. The molecule has 0 aromatic heterocycles. The molecule has 8 heteroatoms. The Morgan fingerprint density at radius 3 is 2.38 bits per heavy atom. The number of nitro groups is 1. The minimum atomic E-state index is -0.838. The maximum Gasteiger partial charge on any atom is 0.312 e. The first-order valence-corrected chi connectivity index (χ1v) is 10.3. The Morgan fingerprint density at radius 2 is 1.79 bits per heavy atom. The normalized spacial score (nSPS) is 11.4. The van der Waals surface area contributed by atoms with E-state index in [1.165, 1.54) is 48.5 Å². The monoisotopic (exact) mass is 459 g/mol. The number of nitrogens with zero attached hydrogens (tertiary/aromatic N) is 2. The van der Waals surface area contributed by atoms with Crippen LogP contribution in [-0.4, -0.2) is 10.8 Å². The zero-order valence-corrected chi connectivity index (χ0v) is 18.8. The zero-order chi connectivity index (χ0) is 24.9. The van der Waals surface area contributed by atoms with Gasteiger partial charge in [0.1, 0.15) is 23.2 Å². The highest BCUT2D eigenvalue weighted by Gasteiger charge is 2.19. The molecule has 0 saturated carbocycles. The number of amides is 1. The van der Waals surface area contributed by atoms with Crippen molar-refractivity contribution in [2.24, 2.45) is 0 Å². The van der Waals surface area contributed by atoms with Crippen LogP contribution in [0.3, 0.4) is 0 Å². The molecule has 0 fully saturated rings. The molecule has 0 aliphatic heterocycles. The van der Waals surface area contributed by atoms with Gasteiger partial charge >= 0.3 is 5.69 Å². The number of nitrogens with one attached hydrogen (secondary N) is 1. The van der Waals surface area contributed by atoms with E-state index in [9.17, 15) is 24.6 Å². The second kappa shape index (κ2) is 9.96. The summed E-state index contributed by atoms with van der Waals surface area (Å²) in [6, 6.07) is 18.6. The summed E-state index contributed by atoms with van der Waals surface area (Å²) in [5.41, 5.74) is 0.524. The molecule has 34 heavy (non-hydrogen) atoms. The minimum Gasteiger partial charge on any atom is -0.450 e. The molecule has 0 heterocycles. The van der Waals surface area contributed by atoms with Crippen LogP contribution >= 0.6 is 0 Å². The fourth-order valence-corrected chi connectivity index (χ4v) is 3.07. The second-order valence-electron chi connectivity index (χ2n) is 8.46. The van der Waals surface area contributed by atoms with Crippen LogP contribution in [0.2, 0.25) is 0 Å². The van der Waals surface area contributed by atoms with Gasteiger partial charge in [0.15, 0.2) is 0 Å². The summed E-state index contributed by atoms with van der Waals surface area (Å²) in [6.45, 7) is 6.23. The van der Waals surface area contributed by atoms with Crippen LogP contribution in [0.15, 0.2) is 72.3 Å². The van der Waals surface area contributed by atoms with Gasteiger partial charge in [0, 0.05) is 6.07 Å². The molecule has 3 rings (SSSR count). The molecular formula is C26H22FN3O4. The van der Waals surface area contributed by atoms with Gasteiger partial charge in [-0.25, -0.2) is 4.39 Å². The van der Waals surface area contributed by atoms with Crippen molar-refractivity contribution in [3.8, 4) is 17.6 Å². The third-order valence-corrected chi connectivity index (χ3v) is 4.93. The predicted molar refractivity (Wildman–Crippen MR) is 127 cm³/mol. The summed E-state index contributed by atoms with van der Waals surface area (Å²) in [4.78, 5) is 23.4. The van der Waals surface area contributed by atoms with E-state index in [4.69, 9.17) is 4.74 Å². The average Bonchev–Trinajstić information content (AvgIpc) is 2.79. The molecule has 0 radical (unpaired) electrons. The van der Waals surface area contributed by atoms with Crippen LogP contribution in [0, 0.1) is 27.3 Å². The van der Waals surface area contributed by atoms with E-state index in [2.05, 4.69) is 26.1 Å². The number of hydrogen-bond donors (Lipinski definition) is 1. The minimum absolute atomic E-state index is 0.0139. The standard InChI is InChI=1S/C26H22FN3O4/c1-26(2,3)19-9-11-20(12-10-19)34-24-13-8-17(15-23(24)30(32)33)14-18(16-28)25(31)29-22-7-5-4-6-21(22)27/h4-15H,1-3H3,(H,29,31)/b18-14+. The Bertz CT molecular complexity index is 1300. The molecule has 0 aliphatic carbocycles. The van der Waals surface area contributed by atoms with E-state index in [0.717, 1.165) is 5.56 Å². The topological polar surface area (TPSA) is 105 Å². The number of nitro benzene ring substituents is 1. The van der Waals surface area contributed by atoms with Crippen LogP contribution in [-0.2, 0) is 10.2 Å². The fourth-order valence-electron chi connectivity index (χ4n) is 3.07. The van der Waals surface area contributed by atoms with Crippen molar-refractivity contribution in [3.63, 3.8) is 0 Å². The average molecular weight is 459 g/mol. The summed E-state index contributed by atoms with van der Waals surface area (Å²) in [5, 5.41) is 23.3. The lowest BCUT2D eigenvalue weighted by molar-refractivity contribution is -0.385. The zero-order valence-electron chi connectivity index (χ0n) is 18.8. The highest BCUT2D eigenvalue weighted by atomic mass is 19.1. The van der Waals surface area contributed by atoms with Gasteiger partial charge in [0.2, 0.25) is 5.75 Å². The van der Waals surface area contributed by atoms with E-state index in [-0.39, 0.29) is 33.7 Å². The summed E-state index contributed by atoms with van der Waals surface area (Å²) in [5.74, 6) is -1.04. The molecule has 0 aliphatic rings. The summed E-state index contributed by atoms with van der Waals surface area (Å²) >= 11 is 0. The fraction of sp³-hybridized carbons (Fsp3) is 0.154. The number of rotatable bonds is 6. The van der Waals surface area contributed by atoms with Crippen LogP contribution in [0.25, 0.3) is 6.08 Å². The third kappa shape index (κ3) is 5.84. The van der Waals surface area contributed by atoms with E-state index in [1.807, 2.05) is 12.1 Å². The third-order valence-electron chi connectivity index (χ3n) is 4.93. The Balaban J connectivity index is 1.86. The largest absolute Gasteiger partial charge is 0.450 e. The smallest absolute Gasteiger partial charge is 0.312 e. The summed E-state index contributed by atoms with van der Waals surface area (Å²) in [7, 11) is 0. The van der Waals surface area contributed by atoms with Crippen LogP contribution in [0.5, 0.6) is 11.5 Å². The van der Waals surface area contributed by atoms with Crippen molar-refractivity contribution in [3.05, 3.63) is 99.4 Å². The lowest BCUT2D eigenvalue weighted by Gasteiger charge is -2.19. The first-order chi connectivity index (χ1) is 16.1. The Morgan fingerprint density at radius 1 is 1.12 bits per heavy atom. The van der Waals surface area contributed by atoms with Crippen LogP contribution in [0.1, 0.15) is 31.9 Å². The molecule has 0 saturated heterocycles. The SMILES string of the molecule is CC(C)(C)c1ccc(Oc2ccc(/C=C(\C#N)C(=O)Nc3ccccc3F)cc2[N+](=O)[O-])cc1. The summed E-state index contributed by atoms with van der Waals surface area (Å²) in [6.07, 6.45) is 1.19. The number of hydrogen-bond acceptors (Lipinski definition) is 5. The highest BCUT2D eigenvalue weighted by molar-refractivity contribution is 6.09. The summed E-state index contributed by atoms with van der Waals surface area (Å²) < 4.78 is 19.5. The molecule has 0 spiro atoms. The van der Waals surface area contributed by atoms with Gasteiger partial charge in [-0.2, -0.15) is 5.26 Å². The van der Waals surface area contributed by atoms with Gasteiger partial charge < -0.3 is 10.1 Å². The lowest BCUT2D eigenvalue weighted by atomic mass is 9.87. The maximum atomic E-state index is 13.8. The van der Waals surface area contributed by atoms with Crippen molar-refractivity contribution >= 4 is 23.4 Å². The van der Waals surface area contributed by atoms with E-state index >= 15 is 0 Å². The van der Waals surface area contributed by atoms with Crippen molar-refractivity contribution in [1.29, 1.82) is 5.26 Å². The first kappa shape index (κ1) is 24.1. The highest BCUT2D eigenvalue weighted by Crippen LogP contribution is 2.34. The van der Waals surface area contributed by atoms with Crippen molar-refractivity contribution in [2.45, 2.75) is 26.2 Å². The van der Waals surface area contributed by atoms with E-state index in [1.54, 1.807) is 18.2 Å². The van der Waals surface area contributed by atoms with Crippen LogP contribution in [0.4, 0.5) is 15.8 Å². The molecule has 0 atom stereocenters. The number of benzene rings is 3. The number of carbonyl (C=O) groups excluding carboxylic acids is 1. The molecule has 0 bridgehead atoms. The Kier molecular flexibility index (Phi) is 7.07.